The smallest absolute Gasteiger partial charge is 0.271 e. The maximum absolute atomic E-state index is 13.7. The highest BCUT2D eigenvalue weighted by Gasteiger charge is 2.32. The number of halogens is 1. The molecule has 9 heteroatoms. The van der Waals surface area contributed by atoms with Gasteiger partial charge in [-0.25, -0.2) is 4.99 Å². The molecule has 36 heavy (non-hydrogen) atoms. The number of para-hydroxylation sites is 1. The van der Waals surface area contributed by atoms with Gasteiger partial charge in [0.1, 0.15) is 0 Å². The predicted molar refractivity (Wildman–Crippen MR) is 143 cm³/mol. The standard InChI is InChI=1S/C27H24ClN5O2S/c1-15-7-5-6-8-21(15)31-25(34)23-16(2)30-27-33(24(23)18-9-11-20(28)12-10-18)26(35)22(36-27)13-19-14-29-32(4)17(19)3/h5-14,24H,1-4H3,(H,31,34)/t24-/m0/s1. The van der Waals surface area contributed by atoms with Crippen LogP contribution in [0.15, 0.2) is 75.8 Å². The van der Waals surface area contributed by atoms with E-state index in [0.717, 1.165) is 22.4 Å². The van der Waals surface area contributed by atoms with Crippen molar-refractivity contribution in [3.8, 4) is 0 Å². The fraction of sp³-hybridized carbons (Fsp3) is 0.185. The summed E-state index contributed by atoms with van der Waals surface area (Å²) < 4.78 is 3.89. The molecular formula is C27H24ClN5O2S. The Balaban J connectivity index is 1.69. The first-order chi connectivity index (χ1) is 17.2. The number of carbonyl (C=O) groups excluding carboxylic acids is 1. The molecule has 4 aromatic rings. The Bertz CT molecular complexity index is 1710. The maximum Gasteiger partial charge on any atom is 0.271 e. The lowest BCUT2D eigenvalue weighted by molar-refractivity contribution is -0.113. The molecule has 0 unspecified atom stereocenters. The van der Waals surface area contributed by atoms with Gasteiger partial charge in [0.05, 0.1) is 28.0 Å². The van der Waals surface area contributed by atoms with Crippen LogP contribution in [0.4, 0.5) is 5.69 Å². The zero-order chi connectivity index (χ0) is 25.6. The van der Waals surface area contributed by atoms with E-state index in [9.17, 15) is 9.59 Å². The average molecular weight is 518 g/mol. The van der Waals surface area contributed by atoms with Gasteiger partial charge in [0, 0.05) is 29.0 Å². The summed E-state index contributed by atoms with van der Waals surface area (Å²) in [5.74, 6) is -0.303. The van der Waals surface area contributed by atoms with Crippen LogP contribution in [0.25, 0.3) is 6.08 Å². The number of allylic oxidation sites excluding steroid dienone is 1. The molecule has 0 bridgehead atoms. The molecule has 1 amide bonds. The summed E-state index contributed by atoms with van der Waals surface area (Å²) in [5.41, 5.74) is 5.00. The van der Waals surface area contributed by atoms with Gasteiger partial charge < -0.3 is 5.32 Å². The van der Waals surface area contributed by atoms with E-state index in [0.29, 0.717) is 31.3 Å². The van der Waals surface area contributed by atoms with E-state index < -0.39 is 6.04 Å². The van der Waals surface area contributed by atoms with Gasteiger partial charge >= 0.3 is 0 Å². The van der Waals surface area contributed by atoms with Gasteiger partial charge in [-0.3, -0.25) is 18.8 Å². The number of carbonyl (C=O) groups is 1. The van der Waals surface area contributed by atoms with Crippen molar-refractivity contribution in [1.29, 1.82) is 0 Å². The minimum atomic E-state index is -0.653. The van der Waals surface area contributed by atoms with Gasteiger partial charge in [0.15, 0.2) is 4.80 Å². The Morgan fingerprint density at radius 3 is 2.50 bits per heavy atom. The molecule has 0 saturated carbocycles. The highest BCUT2D eigenvalue weighted by Crippen LogP contribution is 2.31. The van der Waals surface area contributed by atoms with Crippen molar-refractivity contribution >= 4 is 40.6 Å². The van der Waals surface area contributed by atoms with Crippen LogP contribution in [-0.2, 0) is 11.8 Å². The largest absolute Gasteiger partial charge is 0.322 e. The van der Waals surface area contributed by atoms with Gasteiger partial charge in [0.2, 0.25) is 0 Å². The molecule has 0 spiro atoms. The molecule has 1 N–H and O–H groups in total. The third-order valence-electron chi connectivity index (χ3n) is 6.41. The lowest BCUT2D eigenvalue weighted by atomic mass is 9.95. The van der Waals surface area contributed by atoms with Gasteiger partial charge in [-0.2, -0.15) is 5.10 Å². The zero-order valence-electron chi connectivity index (χ0n) is 20.2. The van der Waals surface area contributed by atoms with E-state index in [-0.39, 0.29) is 11.5 Å². The van der Waals surface area contributed by atoms with E-state index in [1.807, 2.05) is 63.4 Å². The second kappa shape index (κ2) is 9.37. The van der Waals surface area contributed by atoms with Gasteiger partial charge in [-0.1, -0.05) is 53.3 Å². The summed E-state index contributed by atoms with van der Waals surface area (Å²) >= 11 is 7.46. The molecule has 0 radical (unpaired) electrons. The summed E-state index contributed by atoms with van der Waals surface area (Å²) in [6.07, 6.45) is 3.56. The van der Waals surface area contributed by atoms with E-state index in [1.165, 1.54) is 11.3 Å². The Hall–Kier alpha value is -3.75. The Labute approximate surface area is 216 Å². The van der Waals surface area contributed by atoms with Crippen LogP contribution in [0.3, 0.4) is 0 Å². The van der Waals surface area contributed by atoms with E-state index >= 15 is 0 Å². The number of rotatable bonds is 4. The number of nitrogens with zero attached hydrogens (tertiary/aromatic N) is 4. The third-order valence-corrected chi connectivity index (χ3v) is 7.64. The molecule has 5 rings (SSSR count). The monoisotopic (exact) mass is 517 g/mol. The van der Waals surface area contributed by atoms with Crippen LogP contribution in [0.5, 0.6) is 0 Å². The lowest BCUT2D eigenvalue weighted by Crippen LogP contribution is -2.40. The molecule has 3 heterocycles. The second-order valence-corrected chi connectivity index (χ2v) is 10.2. The highest BCUT2D eigenvalue weighted by molar-refractivity contribution is 7.07. The van der Waals surface area contributed by atoms with Crippen molar-refractivity contribution in [2.75, 3.05) is 5.32 Å². The highest BCUT2D eigenvalue weighted by atomic mass is 35.5. The number of nitrogens with one attached hydrogen (secondary N) is 1. The van der Waals surface area contributed by atoms with Crippen molar-refractivity contribution < 1.29 is 4.79 Å². The number of amides is 1. The van der Waals surface area contributed by atoms with Gasteiger partial charge in [-0.15, -0.1) is 0 Å². The number of hydrogen-bond acceptors (Lipinski definition) is 5. The van der Waals surface area contributed by atoms with Crippen molar-refractivity contribution in [2.45, 2.75) is 26.8 Å². The molecule has 0 fully saturated rings. The third kappa shape index (κ3) is 4.23. The number of aromatic nitrogens is 3. The summed E-state index contributed by atoms with van der Waals surface area (Å²) in [6, 6.07) is 14.1. The van der Waals surface area contributed by atoms with Crippen LogP contribution in [0.2, 0.25) is 5.02 Å². The second-order valence-electron chi connectivity index (χ2n) is 8.71. The van der Waals surface area contributed by atoms with Crippen LogP contribution < -0.4 is 20.2 Å². The van der Waals surface area contributed by atoms with Crippen molar-refractivity contribution in [1.82, 2.24) is 14.3 Å². The number of aryl methyl sites for hydroxylation is 2. The van der Waals surface area contributed by atoms with Gasteiger partial charge in [-0.05, 0) is 56.2 Å². The summed E-state index contributed by atoms with van der Waals surface area (Å²) in [6.45, 7) is 5.69. The van der Waals surface area contributed by atoms with Crippen LogP contribution in [0.1, 0.15) is 35.3 Å². The molecule has 1 atom stereocenters. The summed E-state index contributed by atoms with van der Waals surface area (Å²) in [7, 11) is 1.86. The fourth-order valence-corrected chi connectivity index (χ4v) is 5.44. The van der Waals surface area contributed by atoms with Crippen molar-refractivity contribution in [3.63, 3.8) is 0 Å². The minimum absolute atomic E-state index is 0.212. The van der Waals surface area contributed by atoms with E-state index in [4.69, 9.17) is 11.6 Å². The fourth-order valence-electron chi connectivity index (χ4n) is 4.27. The van der Waals surface area contributed by atoms with E-state index in [2.05, 4.69) is 15.4 Å². The first-order valence-electron chi connectivity index (χ1n) is 11.4. The minimum Gasteiger partial charge on any atom is -0.322 e. The summed E-state index contributed by atoms with van der Waals surface area (Å²) in [4.78, 5) is 32.6. The van der Waals surface area contributed by atoms with Crippen LogP contribution in [0, 0.1) is 13.8 Å². The first-order valence-corrected chi connectivity index (χ1v) is 12.6. The Morgan fingerprint density at radius 2 is 1.83 bits per heavy atom. The SMILES string of the molecule is CC1=C(C(=O)Nc2ccccc2C)[C@H](c2ccc(Cl)cc2)n2c(sc(=Cc3cnn(C)c3C)c2=O)=N1. The normalized spacial score (nSPS) is 15.6. The maximum atomic E-state index is 13.7. The quantitative estimate of drug-likeness (QED) is 0.446. The number of benzene rings is 2. The van der Waals surface area contributed by atoms with Crippen molar-refractivity contribution in [3.05, 3.63) is 113 Å². The summed E-state index contributed by atoms with van der Waals surface area (Å²) in [5, 5.41) is 7.86. The van der Waals surface area contributed by atoms with Crippen molar-refractivity contribution in [2.24, 2.45) is 12.0 Å². The topological polar surface area (TPSA) is 81.3 Å². The lowest BCUT2D eigenvalue weighted by Gasteiger charge is -2.25. The molecular weight excluding hydrogens is 494 g/mol. The number of fused-ring (bicyclic) bond motifs is 1. The van der Waals surface area contributed by atoms with Crippen LogP contribution >= 0.6 is 22.9 Å². The molecule has 1 aliphatic heterocycles. The molecule has 0 saturated heterocycles. The first kappa shape index (κ1) is 24.0. The van der Waals surface area contributed by atoms with Gasteiger partial charge in [0.25, 0.3) is 11.5 Å². The molecule has 0 aliphatic carbocycles. The van der Waals surface area contributed by atoms with Crippen LogP contribution in [-0.4, -0.2) is 20.3 Å². The average Bonchev–Trinajstić information content (AvgIpc) is 3.33. The number of thiazole rings is 1. The van der Waals surface area contributed by atoms with E-state index in [1.54, 1.807) is 34.5 Å². The number of hydrogen-bond donors (Lipinski definition) is 1. The Morgan fingerprint density at radius 1 is 1.11 bits per heavy atom. The molecule has 182 valence electrons. The molecule has 1 aliphatic rings. The molecule has 2 aromatic heterocycles. The Kier molecular flexibility index (Phi) is 6.24. The predicted octanol–water partition coefficient (Wildman–Crippen LogP) is 3.88. The molecule has 7 nitrogen and oxygen atoms in total. The zero-order valence-corrected chi connectivity index (χ0v) is 21.8. The molecule has 2 aromatic carbocycles. The number of anilines is 1.